The number of hydrogen-bond donors (Lipinski definition) is 1. The maximum absolute atomic E-state index is 12.9. The van der Waals surface area contributed by atoms with Gasteiger partial charge in [0.1, 0.15) is 11.8 Å². The summed E-state index contributed by atoms with van der Waals surface area (Å²) in [7, 11) is 0. The van der Waals surface area contributed by atoms with Gasteiger partial charge in [0.05, 0.1) is 0 Å². The van der Waals surface area contributed by atoms with Crippen LogP contribution >= 0.6 is 11.6 Å². The molecule has 2 rings (SSSR count). The van der Waals surface area contributed by atoms with Crippen LogP contribution in [0.15, 0.2) is 42.5 Å². The van der Waals surface area contributed by atoms with Gasteiger partial charge in [0.15, 0.2) is 6.61 Å². The van der Waals surface area contributed by atoms with E-state index in [1.165, 1.54) is 4.90 Å². The zero-order valence-electron chi connectivity index (χ0n) is 16.8. The van der Waals surface area contributed by atoms with Gasteiger partial charge in [-0.05, 0) is 68.7 Å². The number of aryl methyl sites for hydroxylation is 2. The summed E-state index contributed by atoms with van der Waals surface area (Å²) in [5, 5.41) is 3.39. The van der Waals surface area contributed by atoms with Crippen molar-refractivity contribution >= 4 is 23.4 Å². The zero-order valence-corrected chi connectivity index (χ0v) is 17.5. The van der Waals surface area contributed by atoms with Gasteiger partial charge >= 0.3 is 0 Å². The molecule has 28 heavy (non-hydrogen) atoms. The molecular formula is C22H27ClN2O3. The first-order valence-electron chi connectivity index (χ1n) is 9.33. The summed E-state index contributed by atoms with van der Waals surface area (Å²) in [6.07, 6.45) is 0. The Morgan fingerprint density at radius 3 is 2.39 bits per heavy atom. The number of amides is 2. The Bertz CT molecular complexity index is 821. The summed E-state index contributed by atoms with van der Waals surface area (Å²) in [5.41, 5.74) is 3.15. The van der Waals surface area contributed by atoms with E-state index in [1.807, 2.05) is 51.1 Å². The number of likely N-dealkylation sites (N-methyl/N-ethyl adjacent to an activating group) is 1. The smallest absolute Gasteiger partial charge is 0.261 e. The molecule has 150 valence electrons. The molecule has 6 heteroatoms. The maximum atomic E-state index is 12.9. The Morgan fingerprint density at radius 1 is 1.11 bits per heavy atom. The van der Waals surface area contributed by atoms with E-state index in [1.54, 1.807) is 19.1 Å². The van der Waals surface area contributed by atoms with E-state index in [0.717, 1.165) is 16.7 Å². The average Bonchev–Trinajstić information content (AvgIpc) is 2.68. The Morgan fingerprint density at radius 2 is 1.79 bits per heavy atom. The van der Waals surface area contributed by atoms with Crippen LogP contribution < -0.4 is 10.1 Å². The molecular weight excluding hydrogens is 376 g/mol. The highest BCUT2D eigenvalue weighted by atomic mass is 35.5. The summed E-state index contributed by atoms with van der Waals surface area (Å²) in [6.45, 7) is 8.24. The van der Waals surface area contributed by atoms with Gasteiger partial charge in [-0.25, -0.2) is 0 Å². The maximum Gasteiger partial charge on any atom is 0.261 e. The minimum absolute atomic E-state index is 0.139. The molecule has 0 radical (unpaired) electrons. The fourth-order valence-electron chi connectivity index (χ4n) is 2.72. The predicted octanol–water partition coefficient (Wildman–Crippen LogP) is 3.89. The number of ether oxygens (including phenoxy) is 1. The first-order valence-corrected chi connectivity index (χ1v) is 9.71. The molecule has 1 atom stereocenters. The summed E-state index contributed by atoms with van der Waals surface area (Å²) in [5.74, 6) is 0.177. The second-order valence-corrected chi connectivity index (χ2v) is 7.19. The molecule has 0 aliphatic rings. The average molecular weight is 403 g/mol. The molecule has 0 saturated carbocycles. The van der Waals surface area contributed by atoms with Crippen LogP contribution in [0.4, 0.5) is 0 Å². The summed E-state index contributed by atoms with van der Waals surface area (Å²) in [6, 6.07) is 12.3. The molecule has 0 bridgehead atoms. The Labute approximate surface area is 171 Å². The summed E-state index contributed by atoms with van der Waals surface area (Å²) in [4.78, 5) is 26.7. The van der Waals surface area contributed by atoms with E-state index in [0.29, 0.717) is 23.9 Å². The van der Waals surface area contributed by atoms with Crippen molar-refractivity contribution in [2.24, 2.45) is 0 Å². The number of nitrogens with zero attached hydrogens (tertiary/aromatic N) is 1. The second-order valence-electron chi connectivity index (χ2n) is 6.75. The fourth-order valence-corrected chi connectivity index (χ4v) is 2.85. The molecule has 0 aromatic heterocycles. The molecule has 2 aromatic carbocycles. The SMILES string of the molecule is CCNC(=O)[C@H](C)N(Cc1ccc(Cl)cc1)C(=O)COc1ccc(C)c(C)c1. The van der Waals surface area contributed by atoms with Crippen LogP contribution in [0.5, 0.6) is 5.75 Å². The van der Waals surface area contributed by atoms with Crippen molar-refractivity contribution in [3.8, 4) is 5.75 Å². The topological polar surface area (TPSA) is 58.6 Å². The third-order valence-electron chi connectivity index (χ3n) is 4.63. The van der Waals surface area contributed by atoms with Crippen LogP contribution in [0, 0.1) is 13.8 Å². The molecule has 1 N–H and O–H groups in total. The summed E-state index contributed by atoms with van der Waals surface area (Å²) >= 11 is 5.94. The number of rotatable bonds is 8. The third kappa shape index (κ3) is 5.99. The molecule has 0 saturated heterocycles. The van der Waals surface area contributed by atoms with Crippen molar-refractivity contribution in [3.05, 3.63) is 64.2 Å². The lowest BCUT2D eigenvalue weighted by Gasteiger charge is -2.28. The van der Waals surface area contributed by atoms with Gasteiger partial charge in [-0.1, -0.05) is 29.8 Å². The number of hydrogen-bond acceptors (Lipinski definition) is 3. The van der Waals surface area contributed by atoms with E-state index in [9.17, 15) is 9.59 Å². The predicted molar refractivity (Wildman–Crippen MR) is 112 cm³/mol. The highest BCUT2D eigenvalue weighted by Gasteiger charge is 2.26. The number of nitrogens with one attached hydrogen (secondary N) is 1. The van der Waals surface area contributed by atoms with Gasteiger partial charge in [-0.3, -0.25) is 9.59 Å². The number of carbonyl (C=O) groups excluding carboxylic acids is 2. The Kier molecular flexibility index (Phi) is 7.88. The lowest BCUT2D eigenvalue weighted by molar-refractivity contribution is -0.142. The largest absolute Gasteiger partial charge is 0.484 e. The van der Waals surface area contributed by atoms with E-state index in [2.05, 4.69) is 5.32 Å². The Hall–Kier alpha value is -2.53. The lowest BCUT2D eigenvalue weighted by atomic mass is 10.1. The standard InChI is InChI=1S/C22H27ClN2O3/c1-5-24-22(27)17(4)25(13-18-7-9-19(23)10-8-18)21(26)14-28-20-11-6-15(2)16(3)12-20/h6-12,17H,5,13-14H2,1-4H3,(H,24,27)/t17-/m0/s1. The van der Waals surface area contributed by atoms with E-state index in [4.69, 9.17) is 16.3 Å². The highest BCUT2D eigenvalue weighted by molar-refractivity contribution is 6.30. The van der Waals surface area contributed by atoms with Crippen molar-refractivity contribution in [2.45, 2.75) is 40.3 Å². The lowest BCUT2D eigenvalue weighted by Crippen LogP contribution is -2.49. The minimum atomic E-state index is -0.619. The second kappa shape index (κ2) is 10.1. The van der Waals surface area contributed by atoms with Gasteiger partial charge in [-0.2, -0.15) is 0 Å². The van der Waals surface area contributed by atoms with E-state index in [-0.39, 0.29) is 18.4 Å². The molecule has 5 nitrogen and oxygen atoms in total. The van der Waals surface area contributed by atoms with E-state index >= 15 is 0 Å². The third-order valence-corrected chi connectivity index (χ3v) is 4.88. The minimum Gasteiger partial charge on any atom is -0.484 e. The van der Waals surface area contributed by atoms with Crippen LogP contribution in [0.25, 0.3) is 0 Å². The van der Waals surface area contributed by atoms with Gasteiger partial charge in [0.25, 0.3) is 5.91 Å². The molecule has 0 aliphatic carbocycles. The first-order chi connectivity index (χ1) is 13.3. The molecule has 0 heterocycles. The molecule has 0 aliphatic heterocycles. The molecule has 2 amide bonds. The zero-order chi connectivity index (χ0) is 20.7. The normalized spacial score (nSPS) is 11.6. The number of benzene rings is 2. The Balaban J connectivity index is 2.13. The van der Waals surface area contributed by atoms with Crippen molar-refractivity contribution in [1.29, 1.82) is 0 Å². The van der Waals surface area contributed by atoms with Crippen LogP contribution in [-0.2, 0) is 16.1 Å². The van der Waals surface area contributed by atoms with E-state index < -0.39 is 6.04 Å². The number of halogens is 1. The molecule has 0 fully saturated rings. The molecule has 2 aromatic rings. The quantitative estimate of drug-likeness (QED) is 0.728. The van der Waals surface area contributed by atoms with Crippen LogP contribution in [0.1, 0.15) is 30.5 Å². The van der Waals surface area contributed by atoms with Crippen LogP contribution in [0.2, 0.25) is 5.02 Å². The number of carbonyl (C=O) groups is 2. The van der Waals surface area contributed by atoms with Gasteiger partial charge in [-0.15, -0.1) is 0 Å². The van der Waals surface area contributed by atoms with Gasteiger partial charge < -0.3 is 15.0 Å². The van der Waals surface area contributed by atoms with Crippen molar-refractivity contribution in [1.82, 2.24) is 10.2 Å². The summed E-state index contributed by atoms with van der Waals surface area (Å²) < 4.78 is 5.69. The molecule has 0 spiro atoms. The first kappa shape index (κ1) is 21.8. The fraction of sp³-hybridized carbons (Fsp3) is 0.364. The van der Waals surface area contributed by atoms with Crippen molar-refractivity contribution in [3.63, 3.8) is 0 Å². The highest BCUT2D eigenvalue weighted by Crippen LogP contribution is 2.18. The van der Waals surface area contributed by atoms with Crippen molar-refractivity contribution < 1.29 is 14.3 Å². The monoisotopic (exact) mass is 402 g/mol. The van der Waals surface area contributed by atoms with Crippen molar-refractivity contribution in [2.75, 3.05) is 13.2 Å². The van der Waals surface area contributed by atoms with Gasteiger partial charge in [0.2, 0.25) is 5.91 Å². The van der Waals surface area contributed by atoms with Crippen LogP contribution in [-0.4, -0.2) is 35.9 Å². The van der Waals surface area contributed by atoms with Gasteiger partial charge in [0, 0.05) is 18.1 Å². The molecule has 0 unspecified atom stereocenters. The van der Waals surface area contributed by atoms with Crippen LogP contribution in [0.3, 0.4) is 0 Å².